The molecule has 0 aliphatic rings. The van der Waals surface area contributed by atoms with E-state index in [1.54, 1.807) is 6.33 Å². The molecule has 0 saturated carbocycles. The summed E-state index contributed by atoms with van der Waals surface area (Å²) in [5, 5.41) is 3.00. The van der Waals surface area contributed by atoms with Crippen molar-refractivity contribution in [1.29, 1.82) is 0 Å². The molecule has 0 atom stereocenters. The summed E-state index contributed by atoms with van der Waals surface area (Å²) in [5.74, 6) is -0.104. The predicted molar refractivity (Wildman–Crippen MR) is 105 cm³/mol. The fourth-order valence-electron chi connectivity index (χ4n) is 3.08. The van der Waals surface area contributed by atoms with Gasteiger partial charge in [-0.1, -0.05) is 37.3 Å². The number of imidazole rings is 1. The number of carbonyl (C=O) groups excluding carboxylic acids is 1. The highest BCUT2D eigenvalue weighted by Gasteiger charge is 2.09. The van der Waals surface area contributed by atoms with Gasteiger partial charge in [0.05, 0.1) is 11.0 Å². The van der Waals surface area contributed by atoms with Crippen molar-refractivity contribution in [3.63, 3.8) is 0 Å². The summed E-state index contributed by atoms with van der Waals surface area (Å²) in [5.41, 5.74) is 5.59. The van der Waals surface area contributed by atoms with Gasteiger partial charge in [0, 0.05) is 16.9 Å². The van der Waals surface area contributed by atoms with Gasteiger partial charge >= 0.3 is 0 Å². The maximum atomic E-state index is 12.6. The van der Waals surface area contributed by atoms with E-state index in [9.17, 15) is 4.79 Å². The van der Waals surface area contributed by atoms with Crippen LogP contribution in [0.3, 0.4) is 0 Å². The molecule has 1 amide bonds. The first-order valence-electron chi connectivity index (χ1n) is 8.68. The zero-order chi connectivity index (χ0) is 17.9. The first-order valence-corrected chi connectivity index (χ1v) is 8.68. The Bertz CT molecular complexity index is 1060. The van der Waals surface area contributed by atoms with Crippen molar-refractivity contribution in [2.45, 2.75) is 13.3 Å². The van der Waals surface area contributed by atoms with Crippen LogP contribution in [0, 0.1) is 0 Å². The lowest BCUT2D eigenvalue weighted by Gasteiger charge is -2.10. The molecule has 0 saturated heterocycles. The summed E-state index contributed by atoms with van der Waals surface area (Å²) < 4.78 is 2.02. The van der Waals surface area contributed by atoms with Gasteiger partial charge in [0.1, 0.15) is 6.33 Å². The SMILES string of the molecule is CCc1ccccc1NC(=O)c1ccc(-n2cnc3ccccc32)cc1. The number of anilines is 1. The zero-order valence-electron chi connectivity index (χ0n) is 14.5. The van der Waals surface area contributed by atoms with Gasteiger partial charge in [-0.15, -0.1) is 0 Å². The van der Waals surface area contributed by atoms with Crippen LogP contribution in [0.2, 0.25) is 0 Å². The number of rotatable bonds is 4. The summed E-state index contributed by atoms with van der Waals surface area (Å²) in [7, 11) is 0. The highest BCUT2D eigenvalue weighted by Crippen LogP contribution is 2.20. The Balaban J connectivity index is 1.58. The van der Waals surface area contributed by atoms with Gasteiger partial charge in [0.15, 0.2) is 0 Å². The minimum atomic E-state index is -0.104. The van der Waals surface area contributed by atoms with Crippen LogP contribution in [-0.4, -0.2) is 15.5 Å². The minimum Gasteiger partial charge on any atom is -0.322 e. The molecule has 3 aromatic carbocycles. The van der Waals surface area contributed by atoms with Crippen LogP contribution in [0.25, 0.3) is 16.7 Å². The number of hydrogen-bond acceptors (Lipinski definition) is 2. The smallest absolute Gasteiger partial charge is 0.255 e. The number of hydrogen-bond donors (Lipinski definition) is 1. The maximum Gasteiger partial charge on any atom is 0.255 e. The molecule has 0 radical (unpaired) electrons. The molecule has 4 rings (SSSR count). The zero-order valence-corrected chi connectivity index (χ0v) is 14.5. The second kappa shape index (κ2) is 6.84. The van der Waals surface area contributed by atoms with E-state index in [4.69, 9.17) is 0 Å². The Hall–Kier alpha value is -3.40. The van der Waals surface area contributed by atoms with Crippen molar-refractivity contribution in [3.05, 3.63) is 90.3 Å². The Morgan fingerprint density at radius 1 is 0.962 bits per heavy atom. The average molecular weight is 341 g/mol. The molecule has 1 heterocycles. The molecule has 128 valence electrons. The van der Waals surface area contributed by atoms with E-state index >= 15 is 0 Å². The van der Waals surface area contributed by atoms with Crippen LogP contribution < -0.4 is 5.32 Å². The molecule has 0 unspecified atom stereocenters. The van der Waals surface area contributed by atoms with Crippen LogP contribution in [0.5, 0.6) is 0 Å². The first kappa shape index (κ1) is 16.1. The van der Waals surface area contributed by atoms with E-state index in [0.29, 0.717) is 5.56 Å². The highest BCUT2D eigenvalue weighted by atomic mass is 16.1. The molecular weight excluding hydrogens is 322 g/mol. The summed E-state index contributed by atoms with van der Waals surface area (Å²) in [6.45, 7) is 2.08. The van der Waals surface area contributed by atoms with Crippen molar-refractivity contribution in [2.24, 2.45) is 0 Å². The number of benzene rings is 3. The van der Waals surface area contributed by atoms with E-state index in [-0.39, 0.29) is 5.91 Å². The number of fused-ring (bicyclic) bond motifs is 1. The van der Waals surface area contributed by atoms with Crippen LogP contribution in [0.4, 0.5) is 5.69 Å². The molecule has 4 heteroatoms. The lowest BCUT2D eigenvalue weighted by atomic mass is 10.1. The Morgan fingerprint density at radius 3 is 2.50 bits per heavy atom. The number of aromatic nitrogens is 2. The van der Waals surface area contributed by atoms with Crippen LogP contribution in [0.1, 0.15) is 22.8 Å². The number of aryl methyl sites for hydroxylation is 1. The quantitative estimate of drug-likeness (QED) is 0.577. The molecule has 0 aliphatic heterocycles. The van der Waals surface area contributed by atoms with Crippen molar-refractivity contribution >= 4 is 22.6 Å². The molecule has 0 spiro atoms. The molecular formula is C22H19N3O. The molecule has 0 aliphatic carbocycles. The Labute approximate surface area is 152 Å². The largest absolute Gasteiger partial charge is 0.322 e. The molecule has 4 aromatic rings. The topological polar surface area (TPSA) is 46.9 Å². The van der Waals surface area contributed by atoms with Crippen molar-refractivity contribution in [2.75, 3.05) is 5.32 Å². The Kier molecular flexibility index (Phi) is 4.23. The lowest BCUT2D eigenvalue weighted by molar-refractivity contribution is 0.102. The lowest BCUT2D eigenvalue weighted by Crippen LogP contribution is -2.13. The second-order valence-corrected chi connectivity index (χ2v) is 6.11. The molecule has 1 N–H and O–H groups in total. The highest BCUT2D eigenvalue weighted by molar-refractivity contribution is 6.04. The van der Waals surface area contributed by atoms with Gasteiger partial charge in [-0.05, 0) is 54.4 Å². The predicted octanol–water partition coefficient (Wildman–Crippen LogP) is 4.84. The number of nitrogens with zero attached hydrogens (tertiary/aromatic N) is 2. The van der Waals surface area contributed by atoms with Crippen molar-refractivity contribution in [1.82, 2.24) is 9.55 Å². The summed E-state index contributed by atoms with van der Waals surface area (Å²) >= 11 is 0. The third-order valence-electron chi connectivity index (χ3n) is 4.51. The number of para-hydroxylation sites is 3. The molecule has 1 aromatic heterocycles. The van der Waals surface area contributed by atoms with E-state index in [1.807, 2.05) is 77.4 Å². The van der Waals surface area contributed by atoms with E-state index in [0.717, 1.165) is 34.4 Å². The fourth-order valence-corrected chi connectivity index (χ4v) is 3.08. The van der Waals surface area contributed by atoms with E-state index in [2.05, 4.69) is 17.2 Å². The van der Waals surface area contributed by atoms with Gasteiger partial charge < -0.3 is 5.32 Å². The standard InChI is InChI=1S/C22H19N3O/c1-2-16-7-3-4-8-19(16)24-22(26)17-11-13-18(14-12-17)25-15-23-20-9-5-6-10-21(20)25/h3-15H,2H2,1H3,(H,24,26). The third-order valence-corrected chi connectivity index (χ3v) is 4.51. The van der Waals surface area contributed by atoms with E-state index in [1.165, 1.54) is 0 Å². The summed E-state index contributed by atoms with van der Waals surface area (Å²) in [6.07, 6.45) is 2.68. The van der Waals surface area contributed by atoms with Gasteiger partial charge in [-0.2, -0.15) is 0 Å². The Morgan fingerprint density at radius 2 is 1.69 bits per heavy atom. The van der Waals surface area contributed by atoms with Crippen molar-refractivity contribution in [3.8, 4) is 5.69 Å². The number of nitrogens with one attached hydrogen (secondary N) is 1. The van der Waals surface area contributed by atoms with Gasteiger partial charge in [0.25, 0.3) is 5.91 Å². The van der Waals surface area contributed by atoms with Gasteiger partial charge in [-0.3, -0.25) is 9.36 Å². The first-order chi connectivity index (χ1) is 12.8. The number of carbonyl (C=O) groups is 1. The average Bonchev–Trinajstić information content (AvgIpc) is 3.12. The molecule has 26 heavy (non-hydrogen) atoms. The summed E-state index contributed by atoms with van der Waals surface area (Å²) in [4.78, 5) is 17.0. The molecule has 4 nitrogen and oxygen atoms in total. The third kappa shape index (κ3) is 2.97. The van der Waals surface area contributed by atoms with Gasteiger partial charge in [0.2, 0.25) is 0 Å². The number of amides is 1. The second-order valence-electron chi connectivity index (χ2n) is 6.11. The van der Waals surface area contributed by atoms with Crippen LogP contribution in [0.15, 0.2) is 79.1 Å². The minimum absolute atomic E-state index is 0.104. The van der Waals surface area contributed by atoms with Crippen molar-refractivity contribution < 1.29 is 4.79 Å². The monoisotopic (exact) mass is 341 g/mol. The van der Waals surface area contributed by atoms with Crippen LogP contribution >= 0.6 is 0 Å². The maximum absolute atomic E-state index is 12.6. The molecule has 0 bridgehead atoms. The van der Waals surface area contributed by atoms with E-state index < -0.39 is 0 Å². The fraction of sp³-hybridized carbons (Fsp3) is 0.0909. The van der Waals surface area contributed by atoms with Gasteiger partial charge in [-0.25, -0.2) is 4.98 Å². The van der Waals surface area contributed by atoms with Crippen LogP contribution in [-0.2, 0) is 6.42 Å². The summed E-state index contributed by atoms with van der Waals surface area (Å²) in [6, 6.07) is 23.4. The molecule has 0 fully saturated rings. The normalized spacial score (nSPS) is 10.8.